The SMILES string of the molecule is CN1CCN(C(=O)c2cc(=O)c3ccccc3o2)C[C@H](C(N)=O)C1. The number of hydrogen-bond donors (Lipinski definition) is 1. The van der Waals surface area contributed by atoms with Gasteiger partial charge in [-0.15, -0.1) is 0 Å². The second-order valence-electron chi connectivity index (χ2n) is 6.08. The van der Waals surface area contributed by atoms with E-state index in [0.29, 0.717) is 30.6 Å². The molecule has 0 unspecified atom stereocenters. The van der Waals surface area contributed by atoms with Gasteiger partial charge in [-0.1, -0.05) is 12.1 Å². The Morgan fingerprint density at radius 2 is 1.96 bits per heavy atom. The van der Waals surface area contributed by atoms with E-state index >= 15 is 0 Å². The molecule has 2 amide bonds. The fraction of sp³-hybridized carbons (Fsp3) is 0.353. The quantitative estimate of drug-likeness (QED) is 0.854. The van der Waals surface area contributed by atoms with Gasteiger partial charge in [0.2, 0.25) is 5.91 Å². The first-order chi connectivity index (χ1) is 11.5. The van der Waals surface area contributed by atoms with Crippen LogP contribution in [0.25, 0.3) is 11.0 Å². The van der Waals surface area contributed by atoms with Crippen LogP contribution in [0.2, 0.25) is 0 Å². The van der Waals surface area contributed by atoms with Crippen LogP contribution in [0, 0.1) is 5.92 Å². The molecule has 2 heterocycles. The lowest BCUT2D eigenvalue weighted by Crippen LogP contribution is -2.40. The summed E-state index contributed by atoms with van der Waals surface area (Å²) in [7, 11) is 1.88. The Kier molecular flexibility index (Phi) is 4.35. The Morgan fingerprint density at radius 1 is 1.21 bits per heavy atom. The van der Waals surface area contributed by atoms with Crippen molar-refractivity contribution in [2.24, 2.45) is 11.7 Å². The van der Waals surface area contributed by atoms with E-state index in [1.807, 2.05) is 11.9 Å². The standard InChI is InChI=1S/C17H19N3O4/c1-19-6-7-20(10-11(9-19)16(18)22)17(23)15-8-13(21)12-4-2-3-5-14(12)24-15/h2-5,8,11H,6-7,9-10H2,1H3,(H2,18,22)/t11-/m1/s1. The summed E-state index contributed by atoms with van der Waals surface area (Å²) in [6.45, 7) is 1.78. The number of nitrogens with zero attached hydrogens (tertiary/aromatic N) is 2. The molecular formula is C17H19N3O4. The van der Waals surface area contributed by atoms with Gasteiger partial charge in [0.05, 0.1) is 11.3 Å². The molecule has 0 bridgehead atoms. The molecule has 1 saturated heterocycles. The van der Waals surface area contributed by atoms with Crippen molar-refractivity contribution in [2.75, 3.05) is 33.2 Å². The zero-order chi connectivity index (χ0) is 17.3. The van der Waals surface area contributed by atoms with E-state index < -0.39 is 17.7 Å². The first-order valence-electron chi connectivity index (χ1n) is 7.75. The molecule has 0 saturated carbocycles. The van der Waals surface area contributed by atoms with Gasteiger partial charge in [0.25, 0.3) is 5.91 Å². The summed E-state index contributed by atoms with van der Waals surface area (Å²) in [6.07, 6.45) is 0. The molecule has 1 aromatic heterocycles. The molecule has 0 spiro atoms. The molecule has 2 aromatic rings. The van der Waals surface area contributed by atoms with Gasteiger partial charge in [0, 0.05) is 32.2 Å². The topological polar surface area (TPSA) is 96.8 Å². The van der Waals surface area contributed by atoms with Crippen LogP contribution in [0.3, 0.4) is 0 Å². The lowest BCUT2D eigenvalue weighted by molar-refractivity contribution is -0.122. The van der Waals surface area contributed by atoms with Crippen LogP contribution < -0.4 is 11.2 Å². The molecule has 24 heavy (non-hydrogen) atoms. The predicted molar refractivity (Wildman–Crippen MR) is 88.6 cm³/mol. The first kappa shape index (κ1) is 16.2. The van der Waals surface area contributed by atoms with Gasteiger partial charge in [-0.3, -0.25) is 14.4 Å². The lowest BCUT2D eigenvalue weighted by atomic mass is 10.1. The minimum absolute atomic E-state index is 0.0218. The van der Waals surface area contributed by atoms with E-state index in [9.17, 15) is 14.4 Å². The molecule has 126 valence electrons. The maximum atomic E-state index is 12.7. The van der Waals surface area contributed by atoms with Gasteiger partial charge < -0.3 is 20.0 Å². The number of likely N-dealkylation sites (N-methyl/N-ethyl adjacent to an activating group) is 1. The Hall–Kier alpha value is -2.67. The van der Waals surface area contributed by atoms with Crippen LogP contribution >= 0.6 is 0 Å². The van der Waals surface area contributed by atoms with Gasteiger partial charge in [-0.25, -0.2) is 0 Å². The molecule has 0 radical (unpaired) electrons. The minimum Gasteiger partial charge on any atom is -0.451 e. The van der Waals surface area contributed by atoms with Crippen LogP contribution in [0.4, 0.5) is 0 Å². The molecule has 3 rings (SSSR count). The number of carbonyl (C=O) groups is 2. The number of rotatable bonds is 2. The molecule has 1 aromatic carbocycles. The van der Waals surface area contributed by atoms with Gasteiger partial charge in [-0.05, 0) is 19.2 Å². The molecule has 2 N–H and O–H groups in total. The number of benzene rings is 1. The van der Waals surface area contributed by atoms with Crippen molar-refractivity contribution in [3.05, 3.63) is 46.3 Å². The van der Waals surface area contributed by atoms with Gasteiger partial charge >= 0.3 is 0 Å². The number of para-hydroxylation sites is 1. The highest BCUT2D eigenvalue weighted by Crippen LogP contribution is 2.16. The fourth-order valence-electron chi connectivity index (χ4n) is 2.90. The number of hydrogen-bond acceptors (Lipinski definition) is 5. The summed E-state index contributed by atoms with van der Waals surface area (Å²) in [4.78, 5) is 40.0. The average molecular weight is 329 g/mol. The third-order valence-electron chi connectivity index (χ3n) is 4.26. The van der Waals surface area contributed by atoms with Gasteiger partial charge in [0.15, 0.2) is 11.2 Å². The summed E-state index contributed by atoms with van der Waals surface area (Å²) in [5, 5.41) is 0.430. The van der Waals surface area contributed by atoms with Gasteiger partial charge in [0.1, 0.15) is 5.58 Å². The maximum absolute atomic E-state index is 12.7. The highest BCUT2D eigenvalue weighted by atomic mass is 16.3. The third kappa shape index (κ3) is 3.16. The molecule has 7 nitrogen and oxygen atoms in total. The average Bonchev–Trinajstić information content (AvgIpc) is 2.76. The summed E-state index contributed by atoms with van der Waals surface area (Å²) in [6, 6.07) is 7.99. The maximum Gasteiger partial charge on any atom is 0.289 e. The van der Waals surface area contributed by atoms with E-state index in [-0.39, 0.29) is 17.7 Å². The molecule has 1 aliphatic rings. The number of carbonyl (C=O) groups excluding carboxylic acids is 2. The van der Waals surface area contributed by atoms with E-state index in [1.165, 1.54) is 11.0 Å². The van der Waals surface area contributed by atoms with Crippen LogP contribution in [0.5, 0.6) is 0 Å². The summed E-state index contributed by atoms with van der Waals surface area (Å²) < 4.78 is 5.60. The molecule has 1 aliphatic heterocycles. The van der Waals surface area contributed by atoms with Crippen LogP contribution in [-0.4, -0.2) is 54.8 Å². The van der Waals surface area contributed by atoms with Crippen LogP contribution in [-0.2, 0) is 4.79 Å². The highest BCUT2D eigenvalue weighted by molar-refractivity contribution is 5.93. The molecule has 1 fully saturated rings. The highest BCUT2D eigenvalue weighted by Gasteiger charge is 2.29. The largest absolute Gasteiger partial charge is 0.451 e. The summed E-state index contributed by atoms with van der Waals surface area (Å²) >= 11 is 0. The van der Waals surface area contributed by atoms with Crippen molar-refractivity contribution in [3.63, 3.8) is 0 Å². The Morgan fingerprint density at radius 3 is 2.71 bits per heavy atom. The number of primary amides is 1. The normalized spacial score (nSPS) is 19.2. The minimum atomic E-state index is -0.450. The summed E-state index contributed by atoms with van der Waals surface area (Å²) in [5.41, 5.74) is 5.52. The zero-order valence-electron chi connectivity index (χ0n) is 13.4. The van der Waals surface area contributed by atoms with Crippen molar-refractivity contribution >= 4 is 22.8 Å². The zero-order valence-corrected chi connectivity index (χ0v) is 13.4. The van der Waals surface area contributed by atoms with E-state index in [2.05, 4.69) is 0 Å². The van der Waals surface area contributed by atoms with Crippen molar-refractivity contribution in [2.45, 2.75) is 0 Å². The lowest BCUT2D eigenvalue weighted by Gasteiger charge is -2.22. The molecule has 7 heteroatoms. The molecular weight excluding hydrogens is 310 g/mol. The van der Waals surface area contributed by atoms with Crippen molar-refractivity contribution in [1.82, 2.24) is 9.80 Å². The Labute approximate surface area is 138 Å². The van der Waals surface area contributed by atoms with Crippen LogP contribution in [0.1, 0.15) is 10.6 Å². The van der Waals surface area contributed by atoms with Crippen molar-refractivity contribution < 1.29 is 14.0 Å². The van der Waals surface area contributed by atoms with Gasteiger partial charge in [-0.2, -0.15) is 0 Å². The summed E-state index contributed by atoms with van der Waals surface area (Å²) in [5.74, 6) is -1.32. The predicted octanol–water partition coefficient (Wildman–Crippen LogP) is 0.282. The third-order valence-corrected chi connectivity index (χ3v) is 4.26. The van der Waals surface area contributed by atoms with Crippen molar-refractivity contribution in [1.29, 1.82) is 0 Å². The molecule has 0 aliphatic carbocycles. The van der Waals surface area contributed by atoms with E-state index in [1.54, 1.807) is 24.3 Å². The van der Waals surface area contributed by atoms with Crippen molar-refractivity contribution in [3.8, 4) is 0 Å². The second kappa shape index (κ2) is 6.45. The number of nitrogens with two attached hydrogens (primary N) is 1. The van der Waals surface area contributed by atoms with E-state index in [0.717, 1.165) is 0 Å². The monoisotopic (exact) mass is 329 g/mol. The number of amides is 2. The fourth-order valence-corrected chi connectivity index (χ4v) is 2.90. The van der Waals surface area contributed by atoms with Crippen LogP contribution in [0.15, 0.2) is 39.5 Å². The Bertz CT molecular complexity index is 845. The first-order valence-corrected chi connectivity index (χ1v) is 7.75. The Balaban J connectivity index is 1.93. The second-order valence-corrected chi connectivity index (χ2v) is 6.08. The number of fused-ring (bicyclic) bond motifs is 1. The smallest absolute Gasteiger partial charge is 0.289 e. The van der Waals surface area contributed by atoms with E-state index in [4.69, 9.17) is 10.2 Å². The molecule has 1 atom stereocenters.